The molecule has 0 N–H and O–H groups in total. The van der Waals surface area contributed by atoms with Crippen molar-refractivity contribution in [3.63, 3.8) is 0 Å². The lowest BCUT2D eigenvalue weighted by Gasteiger charge is -2.04. The predicted octanol–water partition coefficient (Wildman–Crippen LogP) is 1.81. The van der Waals surface area contributed by atoms with Crippen LogP contribution in [-0.2, 0) is 13.1 Å². The van der Waals surface area contributed by atoms with Crippen molar-refractivity contribution in [2.24, 2.45) is 0 Å². The molecule has 2 heteroatoms. The summed E-state index contributed by atoms with van der Waals surface area (Å²) in [7, 11) is 0. The molecule has 0 unspecified atom stereocenters. The maximum Gasteiger partial charge on any atom is 0.209 e. The van der Waals surface area contributed by atoms with Crippen molar-refractivity contribution in [2.75, 3.05) is 0 Å². The van der Waals surface area contributed by atoms with Gasteiger partial charge in [0.2, 0.25) is 13.1 Å². The summed E-state index contributed by atoms with van der Waals surface area (Å²) in [6.07, 6.45) is 14.8. The minimum absolute atomic E-state index is 0.599. The monoisotopic (exact) mass is 262 g/mol. The van der Waals surface area contributed by atoms with Crippen molar-refractivity contribution in [3.8, 4) is 35.8 Å². The largest absolute Gasteiger partial charge is 0.209 e. The molecule has 0 bridgehead atoms. The molecule has 0 saturated carbocycles. The highest BCUT2D eigenvalue weighted by molar-refractivity contribution is 5.62. The topological polar surface area (TPSA) is 7.76 Å². The van der Waals surface area contributed by atoms with Gasteiger partial charge in [0.05, 0.1) is 0 Å². The highest BCUT2D eigenvalue weighted by Crippen LogP contribution is 2.18. The van der Waals surface area contributed by atoms with Gasteiger partial charge in [0.1, 0.15) is 0 Å². The van der Waals surface area contributed by atoms with E-state index in [1.54, 1.807) is 0 Å². The lowest BCUT2D eigenvalue weighted by atomic mass is 10.1. The first-order chi connectivity index (χ1) is 9.65. The molecule has 0 aliphatic heterocycles. The fraction of sp³-hybridized carbons (Fsp3) is 0.222. The Morgan fingerprint density at radius 1 is 0.850 bits per heavy atom. The second-order valence-corrected chi connectivity index (χ2v) is 4.78. The first-order valence-electron chi connectivity index (χ1n) is 6.53. The Hall–Kier alpha value is -2.58. The van der Waals surface area contributed by atoms with Crippen LogP contribution < -0.4 is 9.13 Å². The molecule has 2 rings (SSSR count). The van der Waals surface area contributed by atoms with Gasteiger partial charge in [0, 0.05) is 38.1 Å². The summed E-state index contributed by atoms with van der Waals surface area (Å²) < 4.78 is 4.11. The van der Waals surface area contributed by atoms with E-state index in [9.17, 15) is 0 Å². The number of nitrogens with zero attached hydrogens (tertiary/aromatic N) is 2. The van der Waals surface area contributed by atoms with Gasteiger partial charge in [-0.3, -0.25) is 0 Å². The van der Waals surface area contributed by atoms with Gasteiger partial charge in [-0.25, -0.2) is 0 Å². The lowest BCUT2D eigenvalue weighted by Crippen LogP contribution is -2.36. The van der Waals surface area contributed by atoms with Crippen molar-refractivity contribution >= 4 is 0 Å². The fourth-order valence-corrected chi connectivity index (χ4v) is 2.20. The van der Waals surface area contributed by atoms with Gasteiger partial charge in [-0.15, -0.1) is 12.8 Å². The van der Waals surface area contributed by atoms with Crippen LogP contribution in [0, 0.1) is 38.5 Å². The minimum Gasteiger partial charge on any atom is -0.191 e. The van der Waals surface area contributed by atoms with Gasteiger partial charge < -0.3 is 0 Å². The highest BCUT2D eigenvalue weighted by Gasteiger charge is 2.10. The van der Waals surface area contributed by atoms with Crippen LogP contribution in [0.15, 0.2) is 36.7 Å². The van der Waals surface area contributed by atoms with E-state index in [0.29, 0.717) is 13.1 Å². The van der Waals surface area contributed by atoms with Crippen LogP contribution in [0.25, 0.3) is 11.1 Å². The molecular weight excluding hydrogens is 244 g/mol. The van der Waals surface area contributed by atoms with Crippen molar-refractivity contribution in [1.29, 1.82) is 0 Å². The summed E-state index contributed by atoms with van der Waals surface area (Å²) >= 11 is 0. The molecule has 0 fully saturated rings. The van der Waals surface area contributed by atoms with Crippen LogP contribution >= 0.6 is 0 Å². The third-order valence-electron chi connectivity index (χ3n) is 3.36. The second kappa shape index (κ2) is 6.04. The molecular formula is C18H18N2+2. The van der Waals surface area contributed by atoms with E-state index in [-0.39, 0.29) is 0 Å². The second-order valence-electron chi connectivity index (χ2n) is 4.78. The fourth-order valence-electron chi connectivity index (χ4n) is 2.20. The number of hydrogen-bond donors (Lipinski definition) is 0. The molecule has 0 aliphatic carbocycles. The number of hydrogen-bond acceptors (Lipinski definition) is 0. The van der Waals surface area contributed by atoms with E-state index in [1.165, 1.54) is 11.1 Å². The number of aryl methyl sites for hydroxylation is 2. The molecule has 0 spiro atoms. The number of rotatable bonds is 3. The number of terminal acetylenes is 2. The molecule has 0 radical (unpaired) electrons. The Balaban J connectivity index is 2.38. The zero-order valence-electron chi connectivity index (χ0n) is 11.9. The minimum atomic E-state index is 0.599. The molecule has 0 aliphatic rings. The third kappa shape index (κ3) is 2.87. The maximum absolute atomic E-state index is 5.35. The molecule has 98 valence electrons. The van der Waals surface area contributed by atoms with Crippen LogP contribution in [0.4, 0.5) is 0 Å². The van der Waals surface area contributed by atoms with Crippen LogP contribution in [0.5, 0.6) is 0 Å². The van der Waals surface area contributed by atoms with E-state index in [4.69, 9.17) is 12.8 Å². The van der Waals surface area contributed by atoms with Crippen LogP contribution in [0.3, 0.4) is 0 Å². The van der Waals surface area contributed by atoms with E-state index >= 15 is 0 Å². The molecule has 0 saturated heterocycles. The van der Waals surface area contributed by atoms with Crippen molar-refractivity contribution in [2.45, 2.75) is 26.9 Å². The van der Waals surface area contributed by atoms with Gasteiger partial charge in [0.25, 0.3) is 0 Å². The van der Waals surface area contributed by atoms with Crippen LogP contribution in [0.2, 0.25) is 0 Å². The molecule has 0 atom stereocenters. The number of pyridine rings is 2. The Bertz CT molecular complexity index is 652. The van der Waals surface area contributed by atoms with Crippen molar-refractivity contribution in [3.05, 3.63) is 48.0 Å². The van der Waals surface area contributed by atoms with E-state index < -0.39 is 0 Å². The smallest absolute Gasteiger partial charge is 0.191 e. The Morgan fingerprint density at radius 3 is 1.55 bits per heavy atom. The summed E-state index contributed by atoms with van der Waals surface area (Å²) in [5, 5.41) is 0. The first-order valence-corrected chi connectivity index (χ1v) is 6.53. The quantitative estimate of drug-likeness (QED) is 0.589. The van der Waals surface area contributed by atoms with E-state index in [0.717, 1.165) is 11.4 Å². The molecule has 2 aromatic heterocycles. The summed E-state index contributed by atoms with van der Waals surface area (Å²) in [6, 6.07) is 8.48. The first kappa shape index (κ1) is 13.8. The highest BCUT2D eigenvalue weighted by atomic mass is 14.9. The van der Waals surface area contributed by atoms with Crippen LogP contribution in [0.1, 0.15) is 11.4 Å². The molecule has 0 amide bonds. The average molecular weight is 262 g/mol. The maximum atomic E-state index is 5.35. The van der Waals surface area contributed by atoms with Crippen molar-refractivity contribution in [1.82, 2.24) is 0 Å². The van der Waals surface area contributed by atoms with Gasteiger partial charge in [-0.2, -0.15) is 9.13 Å². The summed E-state index contributed by atoms with van der Waals surface area (Å²) in [6.45, 7) is 5.33. The summed E-state index contributed by atoms with van der Waals surface area (Å²) in [5.74, 6) is 5.31. The predicted molar refractivity (Wildman–Crippen MR) is 79.4 cm³/mol. The average Bonchev–Trinajstić information content (AvgIpc) is 2.44. The third-order valence-corrected chi connectivity index (χ3v) is 3.36. The standard InChI is InChI=1S/C18H18N2/c1-5-9-19-11-7-17(13-15(19)3)18-8-12-20(10-6-2)16(4)14-18/h1-2,7-8,11-14H,9-10H2,3-4H3/q+2. The molecule has 2 nitrogen and oxygen atoms in total. The molecule has 2 aromatic rings. The van der Waals surface area contributed by atoms with Gasteiger partial charge in [-0.05, 0) is 23.0 Å². The van der Waals surface area contributed by atoms with Gasteiger partial charge >= 0.3 is 0 Å². The zero-order chi connectivity index (χ0) is 14.5. The Morgan fingerprint density at radius 2 is 1.25 bits per heavy atom. The summed E-state index contributed by atoms with van der Waals surface area (Å²) in [5.41, 5.74) is 4.68. The van der Waals surface area contributed by atoms with Gasteiger partial charge in [0.15, 0.2) is 23.8 Å². The van der Waals surface area contributed by atoms with E-state index in [2.05, 4.69) is 59.1 Å². The zero-order valence-corrected chi connectivity index (χ0v) is 11.9. The normalized spacial score (nSPS) is 9.80. The summed E-state index contributed by atoms with van der Waals surface area (Å²) in [4.78, 5) is 0. The number of aromatic nitrogens is 2. The molecule has 0 aromatic carbocycles. The van der Waals surface area contributed by atoms with E-state index in [1.807, 2.05) is 12.4 Å². The Kier molecular flexibility index (Phi) is 4.18. The SMILES string of the molecule is C#CC[n+]1ccc(-c2cc[n+](CC#C)c(C)c2)cc1C. The lowest BCUT2D eigenvalue weighted by molar-refractivity contribution is -0.691. The molecule has 20 heavy (non-hydrogen) atoms. The van der Waals surface area contributed by atoms with Crippen LogP contribution in [-0.4, -0.2) is 0 Å². The molecule has 2 heterocycles. The van der Waals surface area contributed by atoms with Crippen molar-refractivity contribution < 1.29 is 9.13 Å². The van der Waals surface area contributed by atoms with Gasteiger partial charge in [-0.1, -0.05) is 0 Å². The Labute approximate surface area is 120 Å².